The summed E-state index contributed by atoms with van der Waals surface area (Å²) in [5.41, 5.74) is 0.0781. The van der Waals surface area contributed by atoms with E-state index < -0.39 is 99.5 Å². The van der Waals surface area contributed by atoms with Crippen molar-refractivity contribution < 1.29 is 61.1 Å². The number of carbonyl (C=O) groups excluding carboxylic acids is 6. The van der Waals surface area contributed by atoms with Gasteiger partial charge in [-0.05, 0) is 87.2 Å². The first-order valence-corrected chi connectivity index (χ1v) is 25.3. The number of fused-ring (bicyclic) bond motifs is 1. The molecule has 0 unspecified atom stereocenters. The minimum Gasteiger partial charge on any atom is -0.496 e. The van der Waals surface area contributed by atoms with Crippen molar-refractivity contribution in [1.29, 1.82) is 0 Å². The molecule has 19 nitrogen and oxygen atoms in total. The van der Waals surface area contributed by atoms with Crippen molar-refractivity contribution in [3.05, 3.63) is 94.4 Å². The van der Waals surface area contributed by atoms with Gasteiger partial charge in [-0.3, -0.25) is 38.1 Å². The largest absolute Gasteiger partial charge is 0.496 e. The second-order valence-corrected chi connectivity index (χ2v) is 20.7. The third-order valence-electron chi connectivity index (χ3n) is 11.4. The molecular weight excluding hydrogens is 945 g/mol. The van der Waals surface area contributed by atoms with Crippen LogP contribution in [0.3, 0.4) is 0 Å². The van der Waals surface area contributed by atoms with Gasteiger partial charge in [0.25, 0.3) is 16.0 Å². The molecule has 0 bridgehead atoms. The monoisotopic (exact) mass is 1010 g/mol. The quantitative estimate of drug-likeness (QED) is 0.0520. The van der Waals surface area contributed by atoms with E-state index in [1.54, 1.807) is 51.1 Å². The van der Waals surface area contributed by atoms with Crippen LogP contribution < -0.4 is 36.1 Å². The highest BCUT2D eigenvalue weighted by Crippen LogP contribution is 2.29. The highest BCUT2D eigenvalue weighted by atomic mass is 32.2. The molecule has 2 heterocycles. The maximum atomic E-state index is 14.6. The maximum Gasteiger partial charge on any atom is 0.303 e. The van der Waals surface area contributed by atoms with Gasteiger partial charge in [-0.2, -0.15) is 8.42 Å². The number of thiophene rings is 1. The Labute approximate surface area is 411 Å². The van der Waals surface area contributed by atoms with Crippen LogP contribution in [-0.4, -0.2) is 121 Å². The van der Waals surface area contributed by atoms with Crippen molar-refractivity contribution in [2.45, 2.75) is 121 Å². The van der Waals surface area contributed by atoms with Crippen molar-refractivity contribution in [2.75, 3.05) is 20.8 Å². The van der Waals surface area contributed by atoms with Crippen LogP contribution in [0.2, 0.25) is 0 Å². The van der Waals surface area contributed by atoms with Gasteiger partial charge in [0.15, 0.2) is 0 Å². The zero-order valence-corrected chi connectivity index (χ0v) is 41.7. The van der Waals surface area contributed by atoms with E-state index in [1.807, 2.05) is 37.3 Å². The summed E-state index contributed by atoms with van der Waals surface area (Å²) in [6, 6.07) is 14.1. The SMILES string of the molecule is CCC[C@H](NC(=O)[C@H](Cc1ccc(CS(=O)(=O)O)cc1)NC(=O)c1c(OC)cccc1OC)C(=O)N1CCC[C@H]1C(=O)N[C@@H](Cc1cc2ccccc2s1)C(=O)N[C@@H](CCC(=O)O)C(=O)NC(C)(C)C. The predicted octanol–water partition coefficient (Wildman–Crippen LogP) is 3.92. The molecule has 70 heavy (non-hydrogen) atoms. The molecule has 1 fully saturated rings. The van der Waals surface area contributed by atoms with Gasteiger partial charge >= 0.3 is 5.97 Å². The molecular formula is C49H62N6O13S2. The topological polar surface area (TPSA) is 276 Å². The average Bonchev–Trinajstić information content (AvgIpc) is 3.96. The Hall–Kier alpha value is -6.58. The molecule has 1 aromatic heterocycles. The van der Waals surface area contributed by atoms with Crippen LogP contribution in [0.4, 0.5) is 0 Å². The van der Waals surface area contributed by atoms with Crippen LogP contribution in [0.15, 0.2) is 72.8 Å². The van der Waals surface area contributed by atoms with Crippen LogP contribution in [0.5, 0.6) is 11.5 Å². The van der Waals surface area contributed by atoms with Crippen LogP contribution in [0, 0.1) is 0 Å². The van der Waals surface area contributed by atoms with Crippen molar-refractivity contribution in [3.63, 3.8) is 0 Å². The van der Waals surface area contributed by atoms with Crippen LogP contribution in [0.1, 0.15) is 92.6 Å². The van der Waals surface area contributed by atoms with Gasteiger partial charge in [-0.15, -0.1) is 11.3 Å². The van der Waals surface area contributed by atoms with Crippen LogP contribution >= 0.6 is 11.3 Å². The number of aliphatic carboxylic acids is 1. The molecule has 0 aliphatic carbocycles. The zero-order chi connectivity index (χ0) is 51.3. The number of methoxy groups -OCH3 is 2. The Morgan fingerprint density at radius 1 is 0.771 bits per heavy atom. The van der Waals surface area contributed by atoms with Crippen LogP contribution in [0.25, 0.3) is 10.1 Å². The molecule has 3 aromatic carbocycles. The van der Waals surface area contributed by atoms with E-state index in [0.29, 0.717) is 18.4 Å². The zero-order valence-electron chi connectivity index (χ0n) is 40.0. The van der Waals surface area contributed by atoms with E-state index >= 15 is 0 Å². The number of nitrogens with one attached hydrogen (secondary N) is 5. The summed E-state index contributed by atoms with van der Waals surface area (Å²) in [5, 5.41) is 24.2. The van der Waals surface area contributed by atoms with Gasteiger partial charge in [0.1, 0.15) is 53.0 Å². The maximum absolute atomic E-state index is 14.6. The Bertz CT molecular complexity index is 2590. The third-order valence-corrected chi connectivity index (χ3v) is 13.2. The number of likely N-dealkylation sites (tertiary alicyclic amines) is 1. The highest BCUT2D eigenvalue weighted by molar-refractivity contribution is 7.85. The van der Waals surface area contributed by atoms with E-state index in [4.69, 9.17) is 9.47 Å². The number of rotatable bonds is 23. The molecule has 21 heteroatoms. The lowest BCUT2D eigenvalue weighted by atomic mass is 10.0. The summed E-state index contributed by atoms with van der Waals surface area (Å²) >= 11 is 1.42. The van der Waals surface area contributed by atoms with Gasteiger partial charge in [-0.25, -0.2) is 0 Å². The fourth-order valence-electron chi connectivity index (χ4n) is 8.14. The van der Waals surface area contributed by atoms with Gasteiger partial charge in [0, 0.05) is 40.9 Å². The number of carboxylic acids is 1. The number of amides is 6. The number of carboxylic acid groups (broad SMARTS) is 1. The molecule has 6 amide bonds. The van der Waals surface area contributed by atoms with Crippen molar-refractivity contribution in [1.82, 2.24) is 31.5 Å². The average molecular weight is 1010 g/mol. The third kappa shape index (κ3) is 15.5. The summed E-state index contributed by atoms with van der Waals surface area (Å²) in [6.07, 6.45) is 0.467. The number of nitrogens with zero attached hydrogens (tertiary/aromatic N) is 1. The molecule has 1 aliphatic rings. The number of hydrogen-bond acceptors (Lipinski definition) is 12. The summed E-state index contributed by atoms with van der Waals surface area (Å²) < 4.78 is 44.2. The first kappa shape index (κ1) is 54.4. The second-order valence-electron chi connectivity index (χ2n) is 18.1. The molecule has 5 rings (SSSR count). The van der Waals surface area contributed by atoms with Crippen molar-refractivity contribution in [2.24, 2.45) is 0 Å². The highest BCUT2D eigenvalue weighted by Gasteiger charge is 2.40. The number of benzene rings is 3. The van der Waals surface area contributed by atoms with Gasteiger partial charge in [0.05, 0.1) is 14.2 Å². The molecule has 0 saturated carbocycles. The van der Waals surface area contributed by atoms with Gasteiger partial charge < -0.3 is 46.1 Å². The summed E-state index contributed by atoms with van der Waals surface area (Å²) in [5.74, 6) is -5.51. The Morgan fingerprint density at radius 2 is 1.39 bits per heavy atom. The molecule has 0 spiro atoms. The molecule has 0 radical (unpaired) electrons. The number of carbonyl (C=O) groups is 7. The second kappa shape index (κ2) is 24.3. The molecule has 378 valence electrons. The lowest BCUT2D eigenvalue weighted by Crippen LogP contribution is -2.59. The smallest absolute Gasteiger partial charge is 0.303 e. The van der Waals surface area contributed by atoms with Gasteiger partial charge in [0.2, 0.25) is 29.5 Å². The van der Waals surface area contributed by atoms with Crippen molar-refractivity contribution >= 4 is 73.0 Å². The minimum absolute atomic E-state index is 0.00389. The van der Waals surface area contributed by atoms with E-state index in [1.165, 1.54) is 42.6 Å². The van der Waals surface area contributed by atoms with E-state index in [0.717, 1.165) is 15.0 Å². The molecule has 4 aromatic rings. The molecule has 7 N–H and O–H groups in total. The Kier molecular flexibility index (Phi) is 18.9. The van der Waals surface area contributed by atoms with E-state index in [2.05, 4.69) is 26.6 Å². The molecule has 1 saturated heterocycles. The first-order chi connectivity index (χ1) is 33.1. The lowest BCUT2D eigenvalue weighted by Gasteiger charge is -2.31. The van der Waals surface area contributed by atoms with E-state index in [9.17, 15) is 51.6 Å². The molecule has 5 atom stereocenters. The Morgan fingerprint density at radius 3 is 1.97 bits per heavy atom. The normalized spacial score (nSPS) is 15.5. The van der Waals surface area contributed by atoms with Gasteiger partial charge in [-0.1, -0.05) is 61.9 Å². The first-order valence-electron chi connectivity index (χ1n) is 22.9. The predicted molar refractivity (Wildman–Crippen MR) is 262 cm³/mol. The summed E-state index contributed by atoms with van der Waals surface area (Å²) in [7, 11) is -1.59. The van der Waals surface area contributed by atoms with E-state index in [-0.39, 0.29) is 61.3 Å². The lowest BCUT2D eigenvalue weighted by molar-refractivity contribution is -0.142. The summed E-state index contributed by atoms with van der Waals surface area (Å²) in [6.45, 7) is 7.19. The minimum atomic E-state index is -4.33. The number of hydrogen-bond donors (Lipinski definition) is 7. The standard InChI is InChI=1S/C49H62N6O13S2/c1-7-12-34(51-43(58)35(25-29-18-20-30(21-19-29)28-70(64,65)66)53-47(62)42-38(67-5)15-10-16-39(42)68-6)48(63)55-24-11-14-37(55)46(61)52-36(27-32-26-31-13-8-9-17-40(31)69-32)44(59)50-33(22-23-41(56)57)45(60)54-49(2,3)4/h8-10,13,15-21,26,33-37H,7,11-12,14,22-25,27-28H2,1-6H3,(H,50,59)(H,51,58)(H,52,61)(H,53,62)(H,54,60)(H,56,57)(H,64,65,66)/t33-,34-,35-,36-,37-/m0/s1. The molecule has 1 aliphatic heterocycles. The van der Waals surface area contributed by atoms with Crippen LogP contribution in [-0.2, 0) is 57.5 Å². The summed E-state index contributed by atoms with van der Waals surface area (Å²) in [4.78, 5) is 98.6. The Balaban J connectivity index is 1.40. The number of ether oxygens (including phenoxy) is 2. The fraction of sp³-hybridized carbons (Fsp3) is 0.449. The fourth-order valence-corrected chi connectivity index (χ4v) is 9.86. The van der Waals surface area contributed by atoms with Crippen molar-refractivity contribution in [3.8, 4) is 11.5 Å².